The summed E-state index contributed by atoms with van der Waals surface area (Å²) in [6, 6.07) is 23.5. The van der Waals surface area contributed by atoms with Crippen molar-refractivity contribution in [1.82, 2.24) is 0 Å². The van der Waals surface area contributed by atoms with E-state index >= 15 is 0 Å². The van der Waals surface area contributed by atoms with Crippen LogP contribution in [-0.2, 0) is 20.7 Å². The van der Waals surface area contributed by atoms with Crippen LogP contribution in [0.4, 0.5) is 16.2 Å². The fraction of sp³-hybridized carbons (Fsp3) is 0.364. The topological polar surface area (TPSA) is 97.0 Å². The third-order valence-electron chi connectivity index (χ3n) is 8.92. The van der Waals surface area contributed by atoms with E-state index in [1.807, 2.05) is 42.5 Å². The largest absolute Gasteiger partial charge is 0.445 e. The number of aldehydes is 1. The molecule has 0 spiro atoms. The second-order valence-corrected chi connectivity index (χ2v) is 11.8. The van der Waals surface area contributed by atoms with Crippen LogP contribution in [0, 0.1) is 0 Å². The third-order valence-corrected chi connectivity index (χ3v) is 8.92. The molecule has 3 heterocycles. The first-order valence-electron chi connectivity index (χ1n) is 14.3. The first-order chi connectivity index (χ1) is 19.8. The van der Waals surface area contributed by atoms with Gasteiger partial charge in [0, 0.05) is 36.1 Å². The first-order valence-corrected chi connectivity index (χ1v) is 14.3. The molecule has 3 fully saturated rings. The number of aryl methyl sites for hydroxylation is 1. The van der Waals surface area contributed by atoms with E-state index < -0.39 is 6.09 Å². The number of quaternary nitrogens is 1. The Morgan fingerprint density at radius 1 is 0.951 bits per heavy atom. The van der Waals surface area contributed by atoms with Gasteiger partial charge in [-0.3, -0.25) is 14.9 Å². The Kier molecular flexibility index (Phi) is 7.36. The maximum atomic E-state index is 13.0. The Morgan fingerprint density at radius 2 is 1.66 bits per heavy atom. The van der Waals surface area contributed by atoms with Crippen LogP contribution in [0.2, 0.25) is 0 Å². The van der Waals surface area contributed by atoms with Gasteiger partial charge in [0.1, 0.15) is 36.7 Å². The molecule has 5 atom stereocenters. The number of morpholine rings is 1. The molecular formula is C33H36N3O5+. The predicted molar refractivity (Wildman–Crippen MR) is 157 cm³/mol. The number of fused-ring (bicyclic) bond motifs is 5. The minimum Gasteiger partial charge on any atom is -0.445 e. The minimum absolute atomic E-state index is 0.0737. The van der Waals surface area contributed by atoms with E-state index in [0.29, 0.717) is 60.5 Å². The molecule has 8 heteroatoms. The number of carbonyl (C=O) groups excluding carboxylic acids is 3. The van der Waals surface area contributed by atoms with Gasteiger partial charge in [-0.25, -0.2) is 4.79 Å². The zero-order valence-corrected chi connectivity index (χ0v) is 23.4. The Labute approximate surface area is 240 Å². The number of likely N-dealkylation sites (N-methyl/N-ethyl adjacent to an activating group) is 1. The van der Waals surface area contributed by atoms with Gasteiger partial charge in [-0.1, -0.05) is 36.4 Å². The summed E-state index contributed by atoms with van der Waals surface area (Å²) < 4.78 is 12.7. The zero-order chi connectivity index (χ0) is 28.6. The molecule has 6 rings (SSSR count). The van der Waals surface area contributed by atoms with Gasteiger partial charge >= 0.3 is 6.09 Å². The van der Waals surface area contributed by atoms with E-state index in [-0.39, 0.29) is 12.0 Å². The molecule has 0 aromatic heterocycles. The second kappa shape index (κ2) is 11.1. The molecule has 212 valence electrons. The molecule has 0 saturated carbocycles. The molecule has 41 heavy (non-hydrogen) atoms. The summed E-state index contributed by atoms with van der Waals surface area (Å²) >= 11 is 0. The number of carbonyl (C=O) groups is 3. The summed E-state index contributed by atoms with van der Waals surface area (Å²) in [5, 5.41) is 5.88. The highest BCUT2D eigenvalue weighted by molar-refractivity contribution is 5.92. The Hall–Kier alpha value is -4.01. The summed E-state index contributed by atoms with van der Waals surface area (Å²) in [5.74, 6) is -0.0737. The molecule has 8 nitrogen and oxygen atoms in total. The third kappa shape index (κ3) is 5.76. The van der Waals surface area contributed by atoms with Crippen LogP contribution < -0.4 is 10.6 Å². The quantitative estimate of drug-likeness (QED) is 0.209. The van der Waals surface area contributed by atoms with Crippen molar-refractivity contribution in [2.45, 2.75) is 62.5 Å². The van der Waals surface area contributed by atoms with E-state index in [1.165, 1.54) is 0 Å². The summed E-state index contributed by atoms with van der Waals surface area (Å²) in [5.41, 5.74) is 4.92. The number of ether oxygens (including phenoxy) is 2. The number of rotatable bonds is 9. The molecule has 3 aliphatic rings. The standard InChI is InChI=1S/C33H35N3O5/c1-36(2)28-18-25(19-29(36)32-31(28)41-32)40-33(39)35-27-16-13-21(17-26(27)23-8-4-3-5-9-23)7-6-10-30(38)34-24-14-11-22(20-37)12-15-24/h3-5,8-9,11-17,20,25,28-29,31-32H,6-7,10,18-19H2,1-2H3,(H-,34,35,37,38,39)/p+1/t25?,28-,29+,31-,32+. The van der Waals surface area contributed by atoms with Crippen molar-refractivity contribution < 1.29 is 28.3 Å². The van der Waals surface area contributed by atoms with E-state index in [1.54, 1.807) is 24.3 Å². The van der Waals surface area contributed by atoms with Crippen molar-refractivity contribution in [3.05, 3.63) is 83.9 Å². The van der Waals surface area contributed by atoms with E-state index in [0.717, 1.165) is 40.3 Å². The Balaban J connectivity index is 1.07. The highest BCUT2D eigenvalue weighted by Gasteiger charge is 2.70. The van der Waals surface area contributed by atoms with Gasteiger partial charge < -0.3 is 19.3 Å². The zero-order valence-electron chi connectivity index (χ0n) is 23.4. The first kappa shape index (κ1) is 27.2. The van der Waals surface area contributed by atoms with Crippen molar-refractivity contribution in [3.8, 4) is 11.1 Å². The predicted octanol–water partition coefficient (Wildman–Crippen LogP) is 5.43. The van der Waals surface area contributed by atoms with Gasteiger partial charge in [-0.05, 0) is 60.4 Å². The molecule has 2 N–H and O–H groups in total. The highest BCUT2D eigenvalue weighted by atomic mass is 16.6. The van der Waals surface area contributed by atoms with Gasteiger partial charge in [0.2, 0.25) is 5.91 Å². The molecular weight excluding hydrogens is 518 g/mol. The number of amides is 2. The summed E-state index contributed by atoms with van der Waals surface area (Å²) in [6.07, 6.45) is 4.25. The van der Waals surface area contributed by atoms with E-state index in [2.05, 4.69) is 30.8 Å². The smallest absolute Gasteiger partial charge is 0.411 e. The van der Waals surface area contributed by atoms with Crippen molar-refractivity contribution >= 4 is 29.7 Å². The second-order valence-electron chi connectivity index (χ2n) is 11.8. The molecule has 3 aromatic rings. The van der Waals surface area contributed by atoms with Gasteiger partial charge in [-0.15, -0.1) is 0 Å². The van der Waals surface area contributed by atoms with Crippen LogP contribution in [0.3, 0.4) is 0 Å². The summed E-state index contributed by atoms with van der Waals surface area (Å²) in [7, 11) is 4.52. The molecule has 0 aliphatic carbocycles. The summed E-state index contributed by atoms with van der Waals surface area (Å²) in [4.78, 5) is 36.3. The summed E-state index contributed by atoms with van der Waals surface area (Å²) in [6.45, 7) is 0. The van der Waals surface area contributed by atoms with Crippen molar-refractivity contribution in [2.75, 3.05) is 24.7 Å². The monoisotopic (exact) mass is 554 g/mol. The average molecular weight is 555 g/mol. The number of hydrogen-bond acceptors (Lipinski definition) is 5. The Bertz CT molecular complexity index is 1420. The van der Waals surface area contributed by atoms with Gasteiger partial charge in [0.15, 0.2) is 0 Å². The maximum absolute atomic E-state index is 13.0. The fourth-order valence-electron chi connectivity index (χ4n) is 6.63. The van der Waals surface area contributed by atoms with Gasteiger partial charge in [0.05, 0.1) is 19.8 Å². The van der Waals surface area contributed by atoms with E-state index in [4.69, 9.17) is 9.47 Å². The number of nitrogens with zero attached hydrogens (tertiary/aromatic N) is 1. The SMILES string of the molecule is C[N+]1(C)[C@@H]2CC(OC(=O)Nc3ccc(CCCC(=O)Nc4ccc(C=O)cc4)cc3-c3ccccc3)C[C@H]1[C@@H]1O[C@@H]12. The molecule has 3 aromatic carbocycles. The van der Waals surface area contributed by atoms with Gasteiger partial charge in [0.25, 0.3) is 0 Å². The van der Waals surface area contributed by atoms with Crippen molar-refractivity contribution in [2.24, 2.45) is 0 Å². The lowest BCUT2D eigenvalue weighted by Gasteiger charge is -2.45. The number of nitrogens with one attached hydrogen (secondary N) is 2. The highest BCUT2D eigenvalue weighted by Crippen LogP contribution is 2.51. The number of piperidine rings is 1. The maximum Gasteiger partial charge on any atom is 0.411 e. The van der Waals surface area contributed by atoms with Gasteiger partial charge in [-0.2, -0.15) is 0 Å². The molecule has 2 amide bonds. The molecule has 2 bridgehead atoms. The van der Waals surface area contributed by atoms with Crippen molar-refractivity contribution in [3.63, 3.8) is 0 Å². The molecule has 0 radical (unpaired) electrons. The lowest BCUT2D eigenvalue weighted by molar-refractivity contribution is -0.938. The van der Waals surface area contributed by atoms with Crippen LogP contribution in [0.15, 0.2) is 72.8 Å². The molecule has 1 unspecified atom stereocenters. The van der Waals surface area contributed by atoms with Crippen LogP contribution in [0.5, 0.6) is 0 Å². The lowest BCUT2D eigenvalue weighted by atomic mass is 9.96. The van der Waals surface area contributed by atoms with Crippen LogP contribution in [0.25, 0.3) is 11.1 Å². The number of benzene rings is 3. The van der Waals surface area contributed by atoms with Crippen LogP contribution in [0.1, 0.15) is 41.6 Å². The normalized spacial score (nSPS) is 25.1. The minimum atomic E-state index is -0.432. The average Bonchev–Trinajstić information content (AvgIpc) is 3.73. The number of hydrogen-bond donors (Lipinski definition) is 2. The number of anilines is 2. The van der Waals surface area contributed by atoms with Crippen LogP contribution >= 0.6 is 0 Å². The van der Waals surface area contributed by atoms with Crippen molar-refractivity contribution in [1.29, 1.82) is 0 Å². The number of epoxide rings is 1. The Morgan fingerprint density at radius 3 is 2.34 bits per heavy atom. The van der Waals surface area contributed by atoms with E-state index in [9.17, 15) is 14.4 Å². The van der Waals surface area contributed by atoms with Crippen LogP contribution in [-0.4, -0.2) is 67.3 Å². The molecule has 3 saturated heterocycles. The lowest BCUT2D eigenvalue weighted by Crippen LogP contribution is -2.60. The molecule has 3 aliphatic heterocycles. The fourth-order valence-corrected chi connectivity index (χ4v) is 6.63.